The van der Waals surface area contributed by atoms with Crippen LogP contribution in [0.5, 0.6) is 23.0 Å². The number of allylic oxidation sites excluding steroid dienone is 3. The van der Waals surface area contributed by atoms with Gasteiger partial charge in [0.1, 0.15) is 5.76 Å². The molecular weight excluding hydrogens is 392 g/mol. The average molecular weight is 412 g/mol. The number of aliphatic hydroxyl groups excluding tert-OH is 1. The van der Waals surface area contributed by atoms with Crippen molar-refractivity contribution in [2.45, 2.75) is 12.8 Å². The number of carboxylic acid groups (broad SMARTS) is 1. The van der Waals surface area contributed by atoms with Crippen LogP contribution in [0.25, 0.3) is 12.2 Å². The highest BCUT2D eigenvalue weighted by atomic mass is 16.4. The van der Waals surface area contributed by atoms with E-state index in [0.717, 1.165) is 6.08 Å². The molecule has 0 aromatic heterocycles. The van der Waals surface area contributed by atoms with E-state index < -0.39 is 17.5 Å². The monoisotopic (exact) mass is 412 g/mol. The number of aromatic hydroxyl groups is 4. The van der Waals surface area contributed by atoms with E-state index in [0.29, 0.717) is 11.1 Å². The van der Waals surface area contributed by atoms with Crippen LogP contribution in [0, 0.1) is 0 Å². The molecule has 2 aromatic carbocycles. The molecule has 0 bridgehead atoms. The first kappa shape index (κ1) is 22.1. The van der Waals surface area contributed by atoms with Crippen molar-refractivity contribution in [3.8, 4) is 23.0 Å². The van der Waals surface area contributed by atoms with Gasteiger partial charge in [0.15, 0.2) is 28.8 Å². The predicted octanol–water partition coefficient (Wildman–Crippen LogP) is 3.48. The Balaban J connectivity index is 2.29. The van der Waals surface area contributed by atoms with Gasteiger partial charge in [0, 0.05) is 12.0 Å². The van der Waals surface area contributed by atoms with Gasteiger partial charge < -0.3 is 30.6 Å². The highest BCUT2D eigenvalue weighted by Gasteiger charge is 2.14. The normalized spacial score (nSPS) is 12.3. The zero-order valence-electron chi connectivity index (χ0n) is 15.7. The van der Waals surface area contributed by atoms with Crippen LogP contribution in [0.15, 0.2) is 59.9 Å². The molecule has 0 radical (unpaired) electrons. The second kappa shape index (κ2) is 9.83. The van der Waals surface area contributed by atoms with E-state index in [1.54, 1.807) is 0 Å². The standard InChI is InChI=1S/C22H20O8/c23-16(6-1-13-3-8-18(25)20(27)11-13)15(5-10-22(29)30)17(24)7-2-14-4-9-19(26)21(28)12-14/h1-4,6-9,11-12,23,25-28H,5,10H2,(H,29,30)/b6-1+,7-2+,16-15-. The van der Waals surface area contributed by atoms with Crippen molar-refractivity contribution in [2.24, 2.45) is 0 Å². The molecular formula is C22H20O8. The fraction of sp³-hybridized carbons (Fsp3) is 0.0909. The highest BCUT2D eigenvalue weighted by molar-refractivity contribution is 6.07. The number of carboxylic acids is 1. The van der Waals surface area contributed by atoms with E-state index in [2.05, 4.69) is 0 Å². The minimum absolute atomic E-state index is 0.143. The van der Waals surface area contributed by atoms with Crippen molar-refractivity contribution < 1.29 is 40.2 Å². The molecule has 8 heteroatoms. The van der Waals surface area contributed by atoms with E-state index in [4.69, 9.17) is 5.11 Å². The Bertz CT molecular complexity index is 1050. The third kappa shape index (κ3) is 6.16. The van der Waals surface area contributed by atoms with E-state index in [9.17, 15) is 35.1 Å². The van der Waals surface area contributed by atoms with Crippen LogP contribution < -0.4 is 0 Å². The molecule has 0 amide bonds. The molecule has 8 nitrogen and oxygen atoms in total. The van der Waals surface area contributed by atoms with Gasteiger partial charge in [-0.25, -0.2) is 0 Å². The Labute approximate surface area is 171 Å². The lowest BCUT2D eigenvalue weighted by atomic mass is 10.0. The number of aliphatic hydroxyl groups is 1. The fourth-order valence-electron chi connectivity index (χ4n) is 2.45. The van der Waals surface area contributed by atoms with Crippen molar-refractivity contribution >= 4 is 23.9 Å². The molecule has 6 N–H and O–H groups in total. The van der Waals surface area contributed by atoms with Gasteiger partial charge in [0.05, 0.1) is 0 Å². The average Bonchev–Trinajstić information content (AvgIpc) is 2.69. The van der Waals surface area contributed by atoms with Gasteiger partial charge in [-0.05, 0) is 54.0 Å². The molecule has 0 saturated carbocycles. The maximum atomic E-state index is 12.5. The lowest BCUT2D eigenvalue weighted by molar-refractivity contribution is -0.136. The zero-order chi connectivity index (χ0) is 22.3. The molecule has 2 aromatic rings. The van der Waals surface area contributed by atoms with Crippen LogP contribution in [0.4, 0.5) is 0 Å². The number of phenolic OH excluding ortho intramolecular Hbond substituents is 4. The van der Waals surface area contributed by atoms with E-state index in [1.165, 1.54) is 54.6 Å². The first-order chi connectivity index (χ1) is 14.2. The molecule has 0 heterocycles. The number of carbonyl (C=O) groups excluding carboxylic acids is 1. The molecule has 0 spiro atoms. The summed E-state index contributed by atoms with van der Waals surface area (Å²) >= 11 is 0. The van der Waals surface area contributed by atoms with Gasteiger partial charge in [-0.2, -0.15) is 0 Å². The van der Waals surface area contributed by atoms with Crippen LogP contribution in [0.3, 0.4) is 0 Å². The number of benzene rings is 2. The van der Waals surface area contributed by atoms with E-state index in [1.807, 2.05) is 0 Å². The topological polar surface area (TPSA) is 156 Å². The zero-order valence-corrected chi connectivity index (χ0v) is 15.7. The minimum Gasteiger partial charge on any atom is -0.508 e. The van der Waals surface area contributed by atoms with Gasteiger partial charge >= 0.3 is 5.97 Å². The van der Waals surface area contributed by atoms with Crippen molar-refractivity contribution in [2.75, 3.05) is 0 Å². The molecule has 2 rings (SSSR count). The van der Waals surface area contributed by atoms with Crippen LogP contribution in [0.1, 0.15) is 24.0 Å². The predicted molar refractivity (Wildman–Crippen MR) is 109 cm³/mol. The first-order valence-electron chi connectivity index (χ1n) is 8.75. The lowest BCUT2D eigenvalue weighted by Crippen LogP contribution is -2.05. The molecule has 0 unspecified atom stereocenters. The second-order valence-electron chi connectivity index (χ2n) is 6.28. The Morgan fingerprint density at radius 2 is 1.20 bits per heavy atom. The largest absolute Gasteiger partial charge is 0.508 e. The van der Waals surface area contributed by atoms with Crippen LogP contribution >= 0.6 is 0 Å². The summed E-state index contributed by atoms with van der Waals surface area (Å²) in [4.78, 5) is 23.4. The molecule has 0 atom stereocenters. The van der Waals surface area contributed by atoms with Crippen molar-refractivity contribution in [3.63, 3.8) is 0 Å². The number of hydrogen-bond acceptors (Lipinski definition) is 7. The van der Waals surface area contributed by atoms with E-state index >= 15 is 0 Å². The summed E-state index contributed by atoms with van der Waals surface area (Å²) in [6.45, 7) is 0. The van der Waals surface area contributed by atoms with Gasteiger partial charge in [-0.3, -0.25) is 9.59 Å². The van der Waals surface area contributed by atoms with Crippen molar-refractivity contribution in [1.29, 1.82) is 0 Å². The summed E-state index contributed by atoms with van der Waals surface area (Å²) in [7, 11) is 0. The molecule has 156 valence electrons. The number of aliphatic carboxylic acids is 1. The number of ketones is 1. The summed E-state index contributed by atoms with van der Waals surface area (Å²) < 4.78 is 0. The van der Waals surface area contributed by atoms with E-state index in [-0.39, 0.29) is 41.4 Å². The van der Waals surface area contributed by atoms with Gasteiger partial charge in [-0.15, -0.1) is 0 Å². The maximum absolute atomic E-state index is 12.5. The molecule has 0 aliphatic rings. The van der Waals surface area contributed by atoms with Gasteiger partial charge in [-0.1, -0.05) is 24.3 Å². The van der Waals surface area contributed by atoms with Crippen molar-refractivity contribution in [1.82, 2.24) is 0 Å². The van der Waals surface area contributed by atoms with Crippen molar-refractivity contribution in [3.05, 3.63) is 71.0 Å². The van der Waals surface area contributed by atoms with Gasteiger partial charge in [0.25, 0.3) is 0 Å². The Morgan fingerprint density at radius 1 is 0.700 bits per heavy atom. The quantitative estimate of drug-likeness (QED) is 0.167. The Hall–Kier alpha value is -4.20. The SMILES string of the molecule is O=C(O)CC/C(C(=O)/C=C/c1ccc(O)c(O)c1)=C(O)\C=C\c1ccc(O)c(O)c1. The number of phenols is 4. The lowest BCUT2D eigenvalue weighted by Gasteiger charge is -2.05. The summed E-state index contributed by atoms with van der Waals surface area (Å²) in [5, 5.41) is 56.8. The number of hydrogen-bond donors (Lipinski definition) is 6. The summed E-state index contributed by atoms with van der Waals surface area (Å²) in [6.07, 6.45) is 4.41. The molecule has 0 fully saturated rings. The molecule has 30 heavy (non-hydrogen) atoms. The fourth-order valence-corrected chi connectivity index (χ4v) is 2.45. The third-order valence-corrected chi connectivity index (χ3v) is 4.06. The number of carbonyl (C=O) groups is 2. The molecule has 0 aliphatic heterocycles. The maximum Gasteiger partial charge on any atom is 0.303 e. The smallest absolute Gasteiger partial charge is 0.303 e. The Kier molecular flexibility index (Phi) is 7.24. The van der Waals surface area contributed by atoms with Crippen LogP contribution in [0.2, 0.25) is 0 Å². The summed E-state index contributed by atoms with van der Waals surface area (Å²) in [5.41, 5.74) is 0.693. The highest BCUT2D eigenvalue weighted by Crippen LogP contribution is 2.27. The van der Waals surface area contributed by atoms with Crippen LogP contribution in [-0.2, 0) is 9.59 Å². The third-order valence-electron chi connectivity index (χ3n) is 4.06. The summed E-state index contributed by atoms with van der Waals surface area (Å²) in [5.74, 6) is -3.59. The van der Waals surface area contributed by atoms with Gasteiger partial charge in [0.2, 0.25) is 0 Å². The minimum atomic E-state index is -1.15. The van der Waals surface area contributed by atoms with Crippen LogP contribution in [-0.4, -0.2) is 42.4 Å². The first-order valence-corrected chi connectivity index (χ1v) is 8.75. The second-order valence-corrected chi connectivity index (χ2v) is 6.28. The molecule has 0 aliphatic carbocycles. The molecule has 0 saturated heterocycles. The summed E-state index contributed by atoms with van der Waals surface area (Å²) in [6, 6.07) is 7.90. The number of rotatable bonds is 8. The Morgan fingerprint density at radius 3 is 1.67 bits per heavy atom.